The fourth-order valence-corrected chi connectivity index (χ4v) is 0.789. The van der Waals surface area contributed by atoms with E-state index in [1.54, 1.807) is 0 Å². The quantitative estimate of drug-likeness (QED) is 0.547. The fourth-order valence-electron chi connectivity index (χ4n) is 0.789. The first-order valence-corrected chi connectivity index (χ1v) is 3.20. The molecule has 0 rings (SSSR count). The summed E-state index contributed by atoms with van der Waals surface area (Å²) in [6.07, 6.45) is 0. The van der Waals surface area contributed by atoms with Crippen LogP contribution in [0.1, 0.15) is 34.6 Å². The molecule has 0 saturated heterocycles. The van der Waals surface area contributed by atoms with E-state index in [2.05, 4.69) is 0 Å². The first-order valence-electron chi connectivity index (χ1n) is 3.20. The van der Waals surface area contributed by atoms with Gasteiger partial charge in [-0.3, -0.25) is 0 Å². The van der Waals surface area contributed by atoms with Gasteiger partial charge in [0.1, 0.15) is 5.72 Å². The molecule has 0 spiro atoms. The van der Waals surface area contributed by atoms with E-state index in [-0.39, 0.29) is 5.60 Å². The Morgan fingerprint density at radius 2 is 1.33 bits per heavy atom. The highest BCUT2D eigenvalue weighted by molar-refractivity contribution is 4.66. The predicted octanol–water partition coefficient (Wildman–Crippen LogP) is 1.50. The number of nitrogens with two attached hydrogens (primary N) is 1. The summed E-state index contributed by atoms with van der Waals surface area (Å²) in [5.41, 5.74) is 4.94. The fraction of sp³-hybridized carbons (Fsp3) is 1.00. The van der Waals surface area contributed by atoms with E-state index in [9.17, 15) is 0 Å². The summed E-state index contributed by atoms with van der Waals surface area (Å²) in [5, 5.41) is 0. The molecule has 0 aromatic heterocycles. The van der Waals surface area contributed by atoms with Crippen LogP contribution in [0.2, 0.25) is 0 Å². The molecule has 0 aromatic rings. The molecule has 0 bridgehead atoms. The van der Waals surface area contributed by atoms with Gasteiger partial charge >= 0.3 is 0 Å². The smallest absolute Gasteiger partial charge is 0.111 e. The van der Waals surface area contributed by atoms with Crippen LogP contribution in [-0.4, -0.2) is 11.3 Å². The average molecular weight is 131 g/mol. The monoisotopic (exact) mass is 131 g/mol. The number of ether oxygens (including phenoxy) is 1. The highest BCUT2D eigenvalue weighted by Gasteiger charge is 2.20. The molecule has 0 radical (unpaired) electrons. The molecule has 2 nitrogen and oxygen atoms in total. The lowest BCUT2D eigenvalue weighted by molar-refractivity contribution is -0.108. The molecule has 0 aliphatic rings. The van der Waals surface area contributed by atoms with Crippen LogP contribution in [0.25, 0.3) is 0 Å². The molecule has 2 N–H and O–H groups in total. The van der Waals surface area contributed by atoms with Gasteiger partial charge in [-0.25, -0.2) is 0 Å². The third-order valence-corrected chi connectivity index (χ3v) is 0.569. The summed E-state index contributed by atoms with van der Waals surface area (Å²) >= 11 is 0. The van der Waals surface area contributed by atoms with Crippen molar-refractivity contribution in [1.29, 1.82) is 0 Å². The van der Waals surface area contributed by atoms with Gasteiger partial charge in [-0.2, -0.15) is 0 Å². The Morgan fingerprint density at radius 3 is 1.33 bits per heavy atom. The van der Waals surface area contributed by atoms with E-state index in [1.165, 1.54) is 0 Å². The molecule has 0 aliphatic heterocycles. The van der Waals surface area contributed by atoms with Gasteiger partial charge in [0.05, 0.1) is 5.60 Å². The van der Waals surface area contributed by atoms with Crippen LogP contribution < -0.4 is 5.73 Å². The van der Waals surface area contributed by atoms with Gasteiger partial charge in [0.15, 0.2) is 0 Å². The second-order valence-electron chi connectivity index (χ2n) is 3.82. The SMILES string of the molecule is CC(C)(C)OC(C)(C)N. The van der Waals surface area contributed by atoms with Crippen LogP contribution in [0.3, 0.4) is 0 Å². The van der Waals surface area contributed by atoms with E-state index in [1.807, 2.05) is 34.6 Å². The van der Waals surface area contributed by atoms with Gasteiger partial charge in [0.2, 0.25) is 0 Å². The second kappa shape index (κ2) is 2.27. The lowest BCUT2D eigenvalue weighted by atomic mass is 10.1. The summed E-state index contributed by atoms with van der Waals surface area (Å²) in [6, 6.07) is 0. The minimum absolute atomic E-state index is 0.141. The molecule has 0 saturated carbocycles. The van der Waals surface area contributed by atoms with Crippen molar-refractivity contribution in [3.05, 3.63) is 0 Å². The number of hydrogen-bond donors (Lipinski definition) is 1. The Bertz CT molecular complexity index is 74.1. The number of rotatable bonds is 1. The van der Waals surface area contributed by atoms with Crippen molar-refractivity contribution in [3.8, 4) is 0 Å². The van der Waals surface area contributed by atoms with E-state index < -0.39 is 5.72 Å². The van der Waals surface area contributed by atoms with Crippen molar-refractivity contribution in [1.82, 2.24) is 0 Å². The maximum atomic E-state index is 5.60. The molecule has 56 valence electrons. The molecule has 0 amide bonds. The third-order valence-electron chi connectivity index (χ3n) is 0.569. The molecule has 0 atom stereocenters. The Balaban J connectivity index is 3.75. The minimum atomic E-state index is -0.516. The van der Waals surface area contributed by atoms with Crippen molar-refractivity contribution in [3.63, 3.8) is 0 Å². The Labute approximate surface area is 57.4 Å². The summed E-state index contributed by atoms with van der Waals surface area (Å²) in [4.78, 5) is 0. The second-order valence-corrected chi connectivity index (χ2v) is 3.82. The Hall–Kier alpha value is -0.0800. The molecule has 0 aromatic carbocycles. The first kappa shape index (κ1) is 8.92. The maximum Gasteiger partial charge on any atom is 0.111 e. The number of hydrogen-bond acceptors (Lipinski definition) is 2. The van der Waals surface area contributed by atoms with Crippen molar-refractivity contribution >= 4 is 0 Å². The van der Waals surface area contributed by atoms with Gasteiger partial charge in [0.25, 0.3) is 0 Å². The lowest BCUT2D eigenvalue weighted by Crippen LogP contribution is -2.42. The van der Waals surface area contributed by atoms with Crippen molar-refractivity contribution in [2.75, 3.05) is 0 Å². The summed E-state index contributed by atoms with van der Waals surface area (Å²) < 4.78 is 5.40. The minimum Gasteiger partial charge on any atom is -0.356 e. The molecular weight excluding hydrogens is 114 g/mol. The van der Waals surface area contributed by atoms with Crippen LogP contribution in [0.4, 0.5) is 0 Å². The van der Waals surface area contributed by atoms with E-state index in [4.69, 9.17) is 10.5 Å². The standard InChI is InChI=1S/C7H17NO/c1-6(2,3)9-7(4,5)8/h8H2,1-5H3. The summed E-state index contributed by atoms with van der Waals surface area (Å²) in [7, 11) is 0. The van der Waals surface area contributed by atoms with Crippen LogP contribution in [-0.2, 0) is 4.74 Å². The first-order chi connectivity index (χ1) is 3.71. The topological polar surface area (TPSA) is 35.2 Å². The zero-order chi connectivity index (χ0) is 7.71. The molecule has 0 heterocycles. The van der Waals surface area contributed by atoms with Crippen LogP contribution >= 0.6 is 0 Å². The molecular formula is C7H17NO. The zero-order valence-electron chi connectivity index (χ0n) is 6.99. The van der Waals surface area contributed by atoms with Crippen LogP contribution in [0.5, 0.6) is 0 Å². The molecule has 0 fully saturated rings. The van der Waals surface area contributed by atoms with E-state index in [0.29, 0.717) is 0 Å². The summed E-state index contributed by atoms with van der Waals surface area (Å²) in [6.45, 7) is 9.65. The van der Waals surface area contributed by atoms with Gasteiger partial charge in [-0.15, -0.1) is 0 Å². The molecule has 2 heteroatoms. The third kappa shape index (κ3) is 7.92. The largest absolute Gasteiger partial charge is 0.356 e. The highest BCUT2D eigenvalue weighted by Crippen LogP contribution is 2.14. The van der Waals surface area contributed by atoms with Gasteiger partial charge in [-0.05, 0) is 34.6 Å². The van der Waals surface area contributed by atoms with E-state index >= 15 is 0 Å². The molecule has 0 unspecified atom stereocenters. The van der Waals surface area contributed by atoms with Crippen molar-refractivity contribution in [2.24, 2.45) is 5.73 Å². The molecule has 0 aliphatic carbocycles. The highest BCUT2D eigenvalue weighted by atomic mass is 16.5. The van der Waals surface area contributed by atoms with Gasteiger partial charge in [-0.1, -0.05) is 0 Å². The van der Waals surface area contributed by atoms with Gasteiger partial charge in [0, 0.05) is 0 Å². The Morgan fingerprint density at radius 1 is 1.00 bits per heavy atom. The van der Waals surface area contributed by atoms with Crippen molar-refractivity contribution < 1.29 is 4.74 Å². The van der Waals surface area contributed by atoms with Gasteiger partial charge < -0.3 is 10.5 Å². The van der Waals surface area contributed by atoms with Crippen molar-refractivity contribution in [2.45, 2.75) is 45.9 Å². The van der Waals surface area contributed by atoms with E-state index in [0.717, 1.165) is 0 Å². The Kier molecular flexibility index (Phi) is 2.25. The summed E-state index contributed by atoms with van der Waals surface area (Å²) in [5.74, 6) is 0. The maximum absolute atomic E-state index is 5.60. The van der Waals surface area contributed by atoms with Crippen LogP contribution in [0.15, 0.2) is 0 Å². The lowest BCUT2D eigenvalue weighted by Gasteiger charge is -2.30. The molecule has 9 heavy (non-hydrogen) atoms. The predicted molar refractivity (Wildman–Crippen MR) is 39.1 cm³/mol. The zero-order valence-corrected chi connectivity index (χ0v) is 6.99. The normalized spacial score (nSPS) is 14.0. The average Bonchev–Trinajstić information content (AvgIpc) is 1.14. The van der Waals surface area contributed by atoms with Crippen LogP contribution in [0, 0.1) is 0 Å².